The number of hydrogen-bond acceptors (Lipinski definition) is 4. The fourth-order valence-corrected chi connectivity index (χ4v) is 2.58. The largest absolute Gasteiger partial charge is 0.450 e. The molecule has 4 rings (SSSR count). The summed E-state index contributed by atoms with van der Waals surface area (Å²) >= 11 is 0. The number of halogens is 1. The van der Waals surface area contributed by atoms with Crippen molar-refractivity contribution in [3.8, 4) is 0 Å². The Bertz CT molecular complexity index is 1010. The van der Waals surface area contributed by atoms with Gasteiger partial charge in [-0.15, -0.1) is 0 Å². The maximum atomic E-state index is 13.6. The van der Waals surface area contributed by atoms with Crippen molar-refractivity contribution < 1.29 is 8.81 Å². The molecular formula is C18H14FN3O. The maximum Gasteiger partial charge on any atom is 0.196 e. The molecule has 4 aromatic rings. The van der Waals surface area contributed by atoms with Gasteiger partial charge in [0.15, 0.2) is 11.4 Å². The van der Waals surface area contributed by atoms with Crippen LogP contribution in [0, 0.1) is 12.7 Å². The zero-order chi connectivity index (χ0) is 15.8. The van der Waals surface area contributed by atoms with E-state index in [1.165, 1.54) is 12.4 Å². The molecule has 2 aromatic carbocycles. The topological polar surface area (TPSA) is 51.0 Å². The second kappa shape index (κ2) is 5.35. The van der Waals surface area contributed by atoms with E-state index in [9.17, 15) is 4.39 Å². The van der Waals surface area contributed by atoms with E-state index in [-0.39, 0.29) is 5.82 Å². The number of anilines is 1. The molecule has 0 atom stereocenters. The average molecular weight is 307 g/mol. The first-order valence-electron chi connectivity index (χ1n) is 7.33. The van der Waals surface area contributed by atoms with Gasteiger partial charge in [-0.3, -0.25) is 0 Å². The SMILES string of the molecule is Cc1ccc(CNc2ncnc3c2oc2ccccc23)cc1F. The second-order valence-electron chi connectivity index (χ2n) is 5.44. The first-order valence-corrected chi connectivity index (χ1v) is 7.33. The van der Waals surface area contributed by atoms with Crippen LogP contribution >= 0.6 is 0 Å². The smallest absolute Gasteiger partial charge is 0.196 e. The molecule has 5 heteroatoms. The van der Waals surface area contributed by atoms with Crippen LogP contribution in [-0.4, -0.2) is 9.97 Å². The van der Waals surface area contributed by atoms with Gasteiger partial charge in [0.1, 0.15) is 23.2 Å². The van der Waals surface area contributed by atoms with E-state index in [2.05, 4.69) is 15.3 Å². The molecular weight excluding hydrogens is 293 g/mol. The summed E-state index contributed by atoms with van der Waals surface area (Å²) in [4.78, 5) is 8.55. The normalized spacial score (nSPS) is 11.2. The van der Waals surface area contributed by atoms with Gasteiger partial charge in [0.25, 0.3) is 0 Å². The van der Waals surface area contributed by atoms with Gasteiger partial charge in [-0.1, -0.05) is 24.3 Å². The Hall–Kier alpha value is -2.95. The Balaban J connectivity index is 1.70. The van der Waals surface area contributed by atoms with Gasteiger partial charge in [-0.25, -0.2) is 14.4 Å². The molecule has 2 heterocycles. The lowest BCUT2D eigenvalue weighted by Crippen LogP contribution is -2.02. The van der Waals surface area contributed by atoms with Crippen molar-refractivity contribution in [3.63, 3.8) is 0 Å². The number of fused-ring (bicyclic) bond motifs is 3. The predicted molar refractivity (Wildman–Crippen MR) is 87.8 cm³/mol. The van der Waals surface area contributed by atoms with E-state index < -0.39 is 0 Å². The summed E-state index contributed by atoms with van der Waals surface area (Å²) in [6, 6.07) is 12.9. The summed E-state index contributed by atoms with van der Waals surface area (Å²) in [5, 5.41) is 4.15. The van der Waals surface area contributed by atoms with Crippen LogP contribution in [0.3, 0.4) is 0 Å². The number of hydrogen-bond donors (Lipinski definition) is 1. The average Bonchev–Trinajstić information content (AvgIpc) is 2.95. The Kier molecular flexibility index (Phi) is 3.19. The monoisotopic (exact) mass is 307 g/mol. The molecule has 2 aromatic heterocycles. The number of nitrogens with one attached hydrogen (secondary N) is 1. The summed E-state index contributed by atoms with van der Waals surface area (Å²) in [6.07, 6.45) is 1.50. The van der Waals surface area contributed by atoms with E-state index in [1.54, 1.807) is 13.0 Å². The van der Waals surface area contributed by atoms with Crippen LogP contribution in [0.25, 0.3) is 22.1 Å². The highest BCUT2D eigenvalue weighted by Gasteiger charge is 2.12. The molecule has 0 saturated carbocycles. The van der Waals surface area contributed by atoms with Crippen LogP contribution in [0.4, 0.5) is 10.2 Å². The Morgan fingerprint density at radius 2 is 2.00 bits per heavy atom. The highest BCUT2D eigenvalue weighted by atomic mass is 19.1. The van der Waals surface area contributed by atoms with Gasteiger partial charge >= 0.3 is 0 Å². The minimum Gasteiger partial charge on any atom is -0.450 e. The van der Waals surface area contributed by atoms with Gasteiger partial charge in [0.05, 0.1) is 0 Å². The van der Waals surface area contributed by atoms with Crippen LogP contribution < -0.4 is 5.32 Å². The van der Waals surface area contributed by atoms with E-state index >= 15 is 0 Å². The first-order chi connectivity index (χ1) is 11.2. The van der Waals surface area contributed by atoms with Crippen molar-refractivity contribution in [3.05, 3.63) is 65.7 Å². The standard InChI is InChI=1S/C18H14FN3O/c1-11-6-7-12(8-14(11)19)9-20-18-17-16(21-10-22-18)13-4-2-3-5-15(13)23-17/h2-8,10H,9H2,1H3,(H,20,21,22). The van der Waals surface area contributed by atoms with E-state index in [0.717, 1.165) is 22.0 Å². The molecule has 0 amide bonds. The molecule has 0 bridgehead atoms. The van der Waals surface area contributed by atoms with E-state index in [4.69, 9.17) is 4.42 Å². The summed E-state index contributed by atoms with van der Waals surface area (Å²) in [7, 11) is 0. The van der Waals surface area contributed by atoms with Crippen molar-refractivity contribution in [1.82, 2.24) is 9.97 Å². The molecule has 0 aliphatic carbocycles. The second-order valence-corrected chi connectivity index (χ2v) is 5.44. The molecule has 0 unspecified atom stereocenters. The Labute approximate surface area is 132 Å². The number of furan rings is 1. The highest BCUT2D eigenvalue weighted by Crippen LogP contribution is 2.30. The molecule has 0 spiro atoms. The van der Waals surface area contributed by atoms with Crippen LogP contribution in [0.15, 0.2) is 53.2 Å². The number of benzene rings is 2. The molecule has 0 fully saturated rings. The first kappa shape index (κ1) is 13.7. The summed E-state index contributed by atoms with van der Waals surface area (Å²) in [5.41, 5.74) is 3.63. The van der Waals surface area contributed by atoms with Crippen LogP contribution in [0.1, 0.15) is 11.1 Å². The molecule has 0 saturated heterocycles. The maximum absolute atomic E-state index is 13.6. The fraction of sp³-hybridized carbons (Fsp3) is 0.111. The molecule has 0 radical (unpaired) electrons. The van der Waals surface area contributed by atoms with Gasteiger partial charge in [-0.2, -0.15) is 0 Å². The molecule has 0 aliphatic rings. The number of rotatable bonds is 3. The summed E-state index contributed by atoms with van der Waals surface area (Å²) in [6.45, 7) is 2.20. The van der Waals surface area contributed by atoms with E-state index in [1.807, 2.05) is 30.3 Å². The lowest BCUT2D eigenvalue weighted by molar-refractivity contribution is 0.616. The quantitative estimate of drug-likeness (QED) is 0.608. The lowest BCUT2D eigenvalue weighted by Gasteiger charge is -2.06. The van der Waals surface area contributed by atoms with E-state index in [0.29, 0.717) is 23.5 Å². The number of nitrogens with zero attached hydrogens (tertiary/aromatic N) is 2. The predicted octanol–water partition coefficient (Wildman–Crippen LogP) is 4.44. The zero-order valence-electron chi connectivity index (χ0n) is 12.5. The van der Waals surface area contributed by atoms with Crippen molar-refractivity contribution in [2.45, 2.75) is 13.5 Å². The lowest BCUT2D eigenvalue weighted by atomic mass is 10.1. The number of aryl methyl sites for hydroxylation is 1. The Morgan fingerprint density at radius 3 is 2.87 bits per heavy atom. The van der Waals surface area contributed by atoms with Gasteiger partial charge in [-0.05, 0) is 36.2 Å². The third-order valence-corrected chi connectivity index (χ3v) is 3.85. The third kappa shape index (κ3) is 2.40. The van der Waals surface area contributed by atoms with Crippen LogP contribution in [-0.2, 0) is 6.54 Å². The third-order valence-electron chi connectivity index (χ3n) is 3.85. The number of para-hydroxylation sites is 1. The van der Waals surface area contributed by atoms with Crippen LogP contribution in [0.2, 0.25) is 0 Å². The fourth-order valence-electron chi connectivity index (χ4n) is 2.58. The zero-order valence-corrected chi connectivity index (χ0v) is 12.5. The van der Waals surface area contributed by atoms with Crippen molar-refractivity contribution >= 4 is 27.9 Å². The van der Waals surface area contributed by atoms with Crippen molar-refractivity contribution in [2.24, 2.45) is 0 Å². The minimum absolute atomic E-state index is 0.208. The summed E-state index contributed by atoms with van der Waals surface area (Å²) in [5.74, 6) is 0.396. The summed E-state index contributed by atoms with van der Waals surface area (Å²) < 4.78 is 19.5. The highest BCUT2D eigenvalue weighted by molar-refractivity contribution is 6.05. The van der Waals surface area contributed by atoms with Gasteiger partial charge in [0, 0.05) is 11.9 Å². The Morgan fingerprint density at radius 1 is 1.13 bits per heavy atom. The molecule has 114 valence electrons. The van der Waals surface area contributed by atoms with Gasteiger partial charge < -0.3 is 9.73 Å². The molecule has 1 N–H and O–H groups in total. The molecule has 0 aliphatic heterocycles. The minimum atomic E-state index is -0.208. The van der Waals surface area contributed by atoms with Gasteiger partial charge in [0.2, 0.25) is 0 Å². The van der Waals surface area contributed by atoms with Crippen molar-refractivity contribution in [2.75, 3.05) is 5.32 Å². The van der Waals surface area contributed by atoms with Crippen molar-refractivity contribution in [1.29, 1.82) is 0 Å². The number of aromatic nitrogens is 2. The molecule has 23 heavy (non-hydrogen) atoms. The molecule has 4 nitrogen and oxygen atoms in total. The van der Waals surface area contributed by atoms with Crippen LogP contribution in [0.5, 0.6) is 0 Å².